The van der Waals surface area contributed by atoms with Gasteiger partial charge in [-0.2, -0.15) is 0 Å². The van der Waals surface area contributed by atoms with Crippen molar-refractivity contribution in [3.05, 3.63) is 96.8 Å². The lowest BCUT2D eigenvalue weighted by atomic mass is 10.0. The van der Waals surface area contributed by atoms with E-state index in [9.17, 15) is 4.79 Å². The van der Waals surface area contributed by atoms with Gasteiger partial charge in [0.15, 0.2) is 0 Å². The molecule has 1 heterocycles. The zero-order valence-electron chi connectivity index (χ0n) is 16.0. The van der Waals surface area contributed by atoms with Gasteiger partial charge in [0, 0.05) is 18.3 Å². The molecule has 1 aromatic heterocycles. The van der Waals surface area contributed by atoms with Crippen molar-refractivity contribution in [3.8, 4) is 16.8 Å². The first-order valence-electron chi connectivity index (χ1n) is 9.52. The molecule has 140 valence electrons. The van der Waals surface area contributed by atoms with Crippen molar-refractivity contribution in [1.82, 2.24) is 14.9 Å². The summed E-state index contributed by atoms with van der Waals surface area (Å²) in [5.41, 5.74) is 5.73. The van der Waals surface area contributed by atoms with Gasteiger partial charge in [0.05, 0.1) is 11.0 Å². The van der Waals surface area contributed by atoms with E-state index in [0.717, 1.165) is 22.3 Å². The molecule has 5 aromatic rings. The van der Waals surface area contributed by atoms with E-state index >= 15 is 0 Å². The van der Waals surface area contributed by atoms with Crippen LogP contribution >= 0.6 is 0 Å². The van der Waals surface area contributed by atoms with Gasteiger partial charge in [-0.1, -0.05) is 48.5 Å². The molecule has 0 atom stereocenters. The van der Waals surface area contributed by atoms with E-state index in [0.29, 0.717) is 5.56 Å². The number of carbonyl (C=O) groups is 1. The maximum Gasteiger partial charge on any atom is 0.251 e. The van der Waals surface area contributed by atoms with Crippen LogP contribution in [0.4, 0.5) is 0 Å². The molecule has 0 fully saturated rings. The Bertz CT molecular complexity index is 1370. The second kappa shape index (κ2) is 6.91. The summed E-state index contributed by atoms with van der Waals surface area (Å²) in [6.45, 7) is 0. The molecular formula is C25H19N3O. The fourth-order valence-electron chi connectivity index (χ4n) is 3.71. The predicted octanol–water partition coefficient (Wildman–Crippen LogP) is 5.21. The third kappa shape index (κ3) is 3.05. The van der Waals surface area contributed by atoms with Crippen LogP contribution in [0.25, 0.3) is 38.6 Å². The summed E-state index contributed by atoms with van der Waals surface area (Å²) in [6, 6.07) is 28.9. The van der Waals surface area contributed by atoms with E-state index in [-0.39, 0.29) is 5.91 Å². The Kier molecular flexibility index (Phi) is 4.10. The Balaban J connectivity index is 1.58. The van der Waals surface area contributed by atoms with Crippen LogP contribution in [-0.4, -0.2) is 22.5 Å². The molecule has 4 heteroatoms. The Morgan fingerprint density at radius 2 is 1.66 bits per heavy atom. The van der Waals surface area contributed by atoms with Gasteiger partial charge in [0.1, 0.15) is 6.33 Å². The van der Waals surface area contributed by atoms with Gasteiger partial charge in [-0.05, 0) is 58.3 Å². The Morgan fingerprint density at radius 3 is 2.52 bits per heavy atom. The first-order chi connectivity index (χ1) is 14.2. The van der Waals surface area contributed by atoms with E-state index in [2.05, 4.69) is 77.0 Å². The number of aromatic nitrogens is 2. The van der Waals surface area contributed by atoms with E-state index < -0.39 is 0 Å². The molecule has 0 aliphatic rings. The van der Waals surface area contributed by atoms with Gasteiger partial charge < -0.3 is 5.32 Å². The van der Waals surface area contributed by atoms with Crippen molar-refractivity contribution in [2.24, 2.45) is 0 Å². The van der Waals surface area contributed by atoms with Crippen LogP contribution in [0.2, 0.25) is 0 Å². The van der Waals surface area contributed by atoms with Gasteiger partial charge in [-0.3, -0.25) is 9.36 Å². The van der Waals surface area contributed by atoms with Crippen LogP contribution in [0.15, 0.2) is 91.3 Å². The summed E-state index contributed by atoms with van der Waals surface area (Å²) in [5, 5.41) is 5.11. The molecule has 0 aliphatic heterocycles. The van der Waals surface area contributed by atoms with Crippen molar-refractivity contribution in [2.45, 2.75) is 0 Å². The summed E-state index contributed by atoms with van der Waals surface area (Å²) < 4.78 is 2.05. The van der Waals surface area contributed by atoms with E-state index in [1.54, 1.807) is 13.4 Å². The molecule has 0 saturated heterocycles. The summed E-state index contributed by atoms with van der Waals surface area (Å²) in [6.07, 6.45) is 1.80. The monoisotopic (exact) mass is 377 g/mol. The number of imidazole rings is 1. The van der Waals surface area contributed by atoms with Crippen molar-refractivity contribution in [1.29, 1.82) is 0 Å². The quantitative estimate of drug-likeness (QED) is 0.469. The average Bonchev–Trinajstić information content (AvgIpc) is 3.21. The highest BCUT2D eigenvalue weighted by Crippen LogP contribution is 2.27. The summed E-state index contributed by atoms with van der Waals surface area (Å²) in [5.74, 6) is -0.111. The number of fused-ring (bicyclic) bond motifs is 2. The van der Waals surface area contributed by atoms with Gasteiger partial charge in [0.2, 0.25) is 0 Å². The zero-order valence-corrected chi connectivity index (χ0v) is 16.0. The standard InChI is InChI=1S/C25H19N3O/c1-26-25(29)21-11-12-24-23(15-21)27-16-28(24)22-8-4-7-19(14-22)20-10-9-17-5-2-3-6-18(17)13-20/h2-16H,1H3,(H,26,29). The molecule has 29 heavy (non-hydrogen) atoms. The van der Waals surface area contributed by atoms with Crippen LogP contribution in [0.5, 0.6) is 0 Å². The first kappa shape index (κ1) is 17.2. The van der Waals surface area contributed by atoms with Gasteiger partial charge in [-0.25, -0.2) is 4.98 Å². The average molecular weight is 377 g/mol. The third-order valence-corrected chi connectivity index (χ3v) is 5.24. The highest BCUT2D eigenvalue weighted by Gasteiger charge is 2.10. The van der Waals surface area contributed by atoms with E-state index in [4.69, 9.17) is 0 Å². The minimum atomic E-state index is -0.111. The second-order valence-corrected chi connectivity index (χ2v) is 7.01. The molecule has 4 aromatic carbocycles. The molecule has 1 amide bonds. The normalized spacial score (nSPS) is 11.1. The van der Waals surface area contributed by atoms with Crippen LogP contribution in [0, 0.1) is 0 Å². The minimum Gasteiger partial charge on any atom is -0.355 e. The topological polar surface area (TPSA) is 46.9 Å². The molecule has 0 spiro atoms. The van der Waals surface area contributed by atoms with Crippen molar-refractivity contribution >= 4 is 27.7 Å². The molecule has 1 N–H and O–H groups in total. The summed E-state index contributed by atoms with van der Waals surface area (Å²) in [4.78, 5) is 16.4. The van der Waals surface area contributed by atoms with E-state index in [1.807, 2.05) is 22.8 Å². The minimum absolute atomic E-state index is 0.111. The Labute approximate surface area is 168 Å². The highest BCUT2D eigenvalue weighted by molar-refractivity contribution is 5.97. The van der Waals surface area contributed by atoms with Crippen LogP contribution in [0.3, 0.4) is 0 Å². The number of nitrogens with one attached hydrogen (secondary N) is 1. The molecule has 4 nitrogen and oxygen atoms in total. The van der Waals surface area contributed by atoms with Crippen LogP contribution in [0.1, 0.15) is 10.4 Å². The largest absolute Gasteiger partial charge is 0.355 e. The van der Waals surface area contributed by atoms with Crippen molar-refractivity contribution in [2.75, 3.05) is 7.05 Å². The Hall–Kier alpha value is -3.92. The maximum atomic E-state index is 11.9. The number of hydrogen-bond donors (Lipinski definition) is 1. The molecule has 0 radical (unpaired) electrons. The molecular weight excluding hydrogens is 358 g/mol. The van der Waals surface area contributed by atoms with Crippen molar-refractivity contribution in [3.63, 3.8) is 0 Å². The summed E-state index contributed by atoms with van der Waals surface area (Å²) >= 11 is 0. The lowest BCUT2D eigenvalue weighted by Gasteiger charge is -2.09. The highest BCUT2D eigenvalue weighted by atomic mass is 16.1. The summed E-state index contributed by atoms with van der Waals surface area (Å²) in [7, 11) is 1.63. The number of benzene rings is 4. The van der Waals surface area contributed by atoms with E-state index in [1.165, 1.54) is 16.3 Å². The van der Waals surface area contributed by atoms with Gasteiger partial charge in [-0.15, -0.1) is 0 Å². The third-order valence-electron chi connectivity index (χ3n) is 5.24. The van der Waals surface area contributed by atoms with Gasteiger partial charge >= 0.3 is 0 Å². The lowest BCUT2D eigenvalue weighted by Crippen LogP contribution is -2.17. The second-order valence-electron chi connectivity index (χ2n) is 7.01. The fourth-order valence-corrected chi connectivity index (χ4v) is 3.71. The Morgan fingerprint density at radius 1 is 0.828 bits per heavy atom. The molecule has 0 aliphatic carbocycles. The molecule has 0 saturated carbocycles. The van der Waals surface area contributed by atoms with Crippen molar-refractivity contribution < 1.29 is 4.79 Å². The number of carbonyl (C=O) groups excluding carboxylic acids is 1. The number of rotatable bonds is 3. The molecule has 5 rings (SSSR count). The number of nitrogens with zero attached hydrogens (tertiary/aromatic N) is 2. The number of amides is 1. The fraction of sp³-hybridized carbons (Fsp3) is 0.0400. The predicted molar refractivity (Wildman–Crippen MR) is 117 cm³/mol. The smallest absolute Gasteiger partial charge is 0.251 e. The first-order valence-corrected chi connectivity index (χ1v) is 9.52. The van der Waals surface area contributed by atoms with Crippen LogP contribution in [-0.2, 0) is 0 Å². The van der Waals surface area contributed by atoms with Gasteiger partial charge in [0.25, 0.3) is 5.91 Å². The SMILES string of the molecule is CNC(=O)c1ccc2c(c1)ncn2-c1cccc(-c2ccc3ccccc3c2)c1. The molecule has 0 unspecified atom stereocenters. The number of hydrogen-bond acceptors (Lipinski definition) is 2. The van der Waals surface area contributed by atoms with Crippen LogP contribution < -0.4 is 5.32 Å². The maximum absolute atomic E-state index is 11.9. The zero-order chi connectivity index (χ0) is 19.8. The molecule has 0 bridgehead atoms. The lowest BCUT2D eigenvalue weighted by molar-refractivity contribution is 0.0963.